The smallest absolute Gasteiger partial charge is 0.272 e. The molecule has 138 valence electrons. The zero-order valence-corrected chi connectivity index (χ0v) is 15.4. The molecule has 9 nitrogen and oxygen atoms in total. The zero-order valence-electron chi connectivity index (χ0n) is 13.8. The van der Waals surface area contributed by atoms with Crippen molar-refractivity contribution in [1.29, 1.82) is 0 Å². The zero-order chi connectivity index (χ0) is 18.2. The maximum Gasteiger partial charge on any atom is 0.272 e. The van der Waals surface area contributed by atoms with Crippen molar-refractivity contribution >= 4 is 31.5 Å². The molecule has 0 saturated carbocycles. The predicted octanol–water partition coefficient (Wildman–Crippen LogP) is -0.665. The van der Waals surface area contributed by atoms with E-state index in [0.717, 1.165) is 0 Å². The number of nitrogens with one attached hydrogen (secondary N) is 1. The monoisotopic (exact) mass is 388 g/mol. The lowest BCUT2D eigenvalue weighted by atomic mass is 10.2. The van der Waals surface area contributed by atoms with Crippen LogP contribution in [0, 0.1) is 0 Å². The predicted molar refractivity (Wildman–Crippen MR) is 91.9 cm³/mol. The van der Waals surface area contributed by atoms with Crippen molar-refractivity contribution in [2.75, 3.05) is 35.4 Å². The molecule has 2 atom stereocenters. The van der Waals surface area contributed by atoms with Gasteiger partial charge in [-0.2, -0.15) is 0 Å². The Kier molecular flexibility index (Phi) is 4.71. The Morgan fingerprint density at radius 1 is 1.16 bits per heavy atom. The van der Waals surface area contributed by atoms with E-state index >= 15 is 0 Å². The van der Waals surface area contributed by atoms with Crippen molar-refractivity contribution < 1.29 is 21.6 Å². The van der Waals surface area contributed by atoms with Gasteiger partial charge in [0.1, 0.15) is 5.69 Å². The van der Waals surface area contributed by atoms with E-state index in [1.165, 1.54) is 17.2 Å². The molecule has 2 aliphatic rings. The molecule has 0 aliphatic carbocycles. The van der Waals surface area contributed by atoms with Crippen LogP contribution >= 0.6 is 0 Å². The number of nitrogens with zero attached hydrogens (tertiary/aromatic N) is 3. The second-order valence-electron chi connectivity index (χ2n) is 6.48. The Bertz CT molecular complexity index is 884. The van der Waals surface area contributed by atoms with Gasteiger partial charge in [0.2, 0.25) is 5.95 Å². The minimum atomic E-state index is -3.09. The summed E-state index contributed by atoms with van der Waals surface area (Å²) >= 11 is 0. The minimum absolute atomic E-state index is 0.0222. The molecule has 2 saturated heterocycles. The lowest BCUT2D eigenvalue weighted by Crippen LogP contribution is -2.38. The van der Waals surface area contributed by atoms with Crippen LogP contribution < -0.4 is 5.32 Å². The summed E-state index contributed by atoms with van der Waals surface area (Å²) in [5.74, 6) is 0.0104. The van der Waals surface area contributed by atoms with Crippen molar-refractivity contribution in [3.63, 3.8) is 0 Å². The Balaban J connectivity index is 1.69. The summed E-state index contributed by atoms with van der Waals surface area (Å²) in [6.45, 7) is 0. The molecule has 1 aromatic rings. The highest BCUT2D eigenvalue weighted by atomic mass is 32.2. The summed E-state index contributed by atoms with van der Waals surface area (Å²) in [6.07, 6.45) is 2.32. The molecule has 3 heterocycles. The Hall–Kier alpha value is -1.75. The van der Waals surface area contributed by atoms with Crippen LogP contribution in [-0.4, -0.2) is 79.8 Å². The number of carbonyl (C=O) groups excluding carboxylic acids is 1. The maximum absolute atomic E-state index is 12.6. The van der Waals surface area contributed by atoms with E-state index in [1.807, 2.05) is 0 Å². The number of anilines is 1. The van der Waals surface area contributed by atoms with Gasteiger partial charge in [-0.25, -0.2) is 26.8 Å². The van der Waals surface area contributed by atoms with E-state index in [-0.39, 0.29) is 52.6 Å². The maximum atomic E-state index is 12.6. The lowest BCUT2D eigenvalue weighted by molar-refractivity contribution is 0.0741. The van der Waals surface area contributed by atoms with E-state index in [2.05, 4.69) is 15.3 Å². The number of aromatic nitrogens is 2. The van der Waals surface area contributed by atoms with Crippen molar-refractivity contribution in [2.24, 2.45) is 0 Å². The Morgan fingerprint density at radius 2 is 1.84 bits per heavy atom. The lowest BCUT2D eigenvalue weighted by Gasteiger charge is -2.23. The van der Waals surface area contributed by atoms with E-state index in [9.17, 15) is 21.6 Å². The molecule has 11 heteroatoms. The molecule has 1 N–H and O–H groups in total. The third kappa shape index (κ3) is 4.27. The number of carbonyl (C=O) groups is 1. The fourth-order valence-corrected chi connectivity index (χ4v) is 6.51. The van der Waals surface area contributed by atoms with Crippen LogP contribution in [0.25, 0.3) is 0 Å². The molecule has 1 amide bonds. The number of hydrogen-bond acceptors (Lipinski definition) is 8. The van der Waals surface area contributed by atoms with Gasteiger partial charge in [0.05, 0.1) is 23.0 Å². The standard InChI is InChI=1S/C14H20N4O5S2/c1-18(11-4-7-25(22,23)9-11)13(19)12-2-5-15-14(17-12)16-10-3-6-24(20,21)8-10/h2,5,10-11H,3-4,6-9H2,1H3,(H,15,16,17). The number of sulfone groups is 2. The largest absolute Gasteiger partial charge is 0.350 e. The van der Waals surface area contributed by atoms with Gasteiger partial charge in [-0.05, 0) is 18.9 Å². The highest BCUT2D eigenvalue weighted by Crippen LogP contribution is 2.19. The van der Waals surface area contributed by atoms with Crippen LogP contribution in [0.15, 0.2) is 12.3 Å². The van der Waals surface area contributed by atoms with E-state index in [1.54, 1.807) is 7.05 Å². The first-order valence-corrected chi connectivity index (χ1v) is 11.6. The van der Waals surface area contributed by atoms with Crippen molar-refractivity contribution in [3.8, 4) is 0 Å². The van der Waals surface area contributed by atoms with Gasteiger partial charge >= 0.3 is 0 Å². The SMILES string of the molecule is CN(C(=O)c1ccnc(NC2CCS(=O)(=O)C2)n1)C1CCS(=O)(=O)C1. The average molecular weight is 388 g/mol. The van der Waals surface area contributed by atoms with Crippen molar-refractivity contribution in [2.45, 2.75) is 24.9 Å². The highest BCUT2D eigenvalue weighted by molar-refractivity contribution is 7.91. The van der Waals surface area contributed by atoms with Gasteiger partial charge in [-0.15, -0.1) is 0 Å². The van der Waals surface area contributed by atoms with Crippen LogP contribution in [0.2, 0.25) is 0 Å². The molecule has 0 spiro atoms. The Morgan fingerprint density at radius 3 is 2.44 bits per heavy atom. The summed E-state index contributed by atoms with van der Waals surface area (Å²) in [7, 11) is -4.55. The quantitative estimate of drug-likeness (QED) is 0.720. The molecule has 2 unspecified atom stereocenters. The van der Waals surface area contributed by atoms with Crippen molar-refractivity contribution in [3.05, 3.63) is 18.0 Å². The van der Waals surface area contributed by atoms with Crippen LogP contribution in [0.1, 0.15) is 23.3 Å². The number of amides is 1. The van der Waals surface area contributed by atoms with Crippen LogP contribution in [0.5, 0.6) is 0 Å². The fourth-order valence-electron chi connectivity index (χ4n) is 3.07. The molecule has 2 fully saturated rings. The molecule has 3 rings (SSSR count). The minimum Gasteiger partial charge on any atom is -0.350 e. The second kappa shape index (κ2) is 6.52. The van der Waals surface area contributed by atoms with Gasteiger partial charge < -0.3 is 10.2 Å². The summed E-state index contributed by atoms with van der Waals surface area (Å²) < 4.78 is 46.2. The second-order valence-corrected chi connectivity index (χ2v) is 10.9. The molecule has 1 aromatic heterocycles. The third-order valence-electron chi connectivity index (χ3n) is 4.52. The van der Waals surface area contributed by atoms with Gasteiger partial charge in [0, 0.05) is 25.3 Å². The van der Waals surface area contributed by atoms with E-state index in [0.29, 0.717) is 12.8 Å². The first-order chi connectivity index (χ1) is 11.7. The normalized spacial score (nSPS) is 27.1. The van der Waals surface area contributed by atoms with Crippen LogP contribution in [0.4, 0.5) is 5.95 Å². The molecule has 0 aromatic carbocycles. The van der Waals surface area contributed by atoms with Gasteiger partial charge in [0.15, 0.2) is 19.7 Å². The fraction of sp³-hybridized carbons (Fsp3) is 0.643. The average Bonchev–Trinajstić information content (AvgIpc) is 3.07. The number of rotatable bonds is 4. The first kappa shape index (κ1) is 18.1. The third-order valence-corrected chi connectivity index (χ3v) is 8.04. The topological polar surface area (TPSA) is 126 Å². The van der Waals surface area contributed by atoms with Crippen LogP contribution in [-0.2, 0) is 19.7 Å². The molecule has 0 radical (unpaired) electrons. The molecular formula is C14H20N4O5S2. The van der Waals surface area contributed by atoms with E-state index < -0.39 is 19.7 Å². The van der Waals surface area contributed by atoms with Crippen molar-refractivity contribution in [1.82, 2.24) is 14.9 Å². The Labute approximate surface area is 146 Å². The van der Waals surface area contributed by atoms with Gasteiger partial charge in [0.25, 0.3) is 5.91 Å². The summed E-state index contributed by atoms with van der Waals surface area (Å²) in [5, 5.41) is 2.95. The summed E-state index contributed by atoms with van der Waals surface area (Å²) in [6, 6.07) is 0.829. The summed E-state index contributed by atoms with van der Waals surface area (Å²) in [4.78, 5) is 22.1. The van der Waals surface area contributed by atoms with E-state index in [4.69, 9.17) is 0 Å². The van der Waals surface area contributed by atoms with Gasteiger partial charge in [-0.3, -0.25) is 4.79 Å². The highest BCUT2D eigenvalue weighted by Gasteiger charge is 2.33. The molecule has 25 heavy (non-hydrogen) atoms. The van der Waals surface area contributed by atoms with Gasteiger partial charge in [-0.1, -0.05) is 0 Å². The first-order valence-electron chi connectivity index (χ1n) is 7.93. The summed E-state index contributed by atoms with van der Waals surface area (Å²) in [5.41, 5.74) is 0.144. The van der Waals surface area contributed by atoms with Crippen LogP contribution in [0.3, 0.4) is 0 Å². The molecular weight excluding hydrogens is 368 g/mol. The number of hydrogen-bond donors (Lipinski definition) is 1. The molecule has 2 aliphatic heterocycles. The molecule has 0 bridgehead atoms.